The summed E-state index contributed by atoms with van der Waals surface area (Å²) in [6, 6.07) is 18.3. The molecule has 0 atom stereocenters. The predicted octanol–water partition coefficient (Wildman–Crippen LogP) is 10.2. The lowest BCUT2D eigenvalue weighted by molar-refractivity contribution is -0.0280. The number of pyridine rings is 2. The van der Waals surface area contributed by atoms with Gasteiger partial charge in [0, 0.05) is 40.6 Å². The molecule has 3 aromatic heterocycles. The maximum Gasteiger partial charge on any atom is 0.137 e. The first-order valence-corrected chi connectivity index (χ1v) is 17.5. The minimum atomic E-state index is 0.175. The maximum absolute atomic E-state index is 6.02. The van der Waals surface area contributed by atoms with Gasteiger partial charge in [0.25, 0.3) is 0 Å². The van der Waals surface area contributed by atoms with Gasteiger partial charge in [0.1, 0.15) is 22.9 Å². The Balaban J connectivity index is 0.000000195. The number of hydrogen-bond donors (Lipinski definition) is 0. The second kappa shape index (κ2) is 17.9. The monoisotopic (exact) mass is 655 g/mol. The number of ether oxygens (including phenoxy) is 4. The van der Waals surface area contributed by atoms with Crippen molar-refractivity contribution in [2.45, 2.75) is 93.6 Å². The quantitative estimate of drug-likeness (QED) is 0.174. The molecule has 2 aromatic carbocycles. The van der Waals surface area contributed by atoms with Crippen molar-refractivity contribution in [2.75, 3.05) is 27.4 Å². The molecule has 1 saturated carbocycles. The normalized spacial score (nSPS) is 18.4. The molecule has 0 N–H and O–H groups in total. The summed E-state index contributed by atoms with van der Waals surface area (Å²) in [6.45, 7) is 20.1. The Morgan fingerprint density at radius 1 is 0.833 bits per heavy atom. The Labute approximate surface area is 288 Å². The van der Waals surface area contributed by atoms with Gasteiger partial charge in [-0.25, -0.2) is 4.98 Å². The summed E-state index contributed by atoms with van der Waals surface area (Å²) in [6.07, 6.45) is 10.2. The highest BCUT2D eigenvalue weighted by Crippen LogP contribution is 2.59. The molecule has 3 fully saturated rings. The minimum absolute atomic E-state index is 0.175. The van der Waals surface area contributed by atoms with Gasteiger partial charge in [-0.15, -0.1) is 0 Å². The van der Waals surface area contributed by atoms with E-state index in [1.807, 2.05) is 83.5 Å². The average Bonchev–Trinajstić information content (AvgIpc) is 3.81. The van der Waals surface area contributed by atoms with Crippen LogP contribution < -0.4 is 14.2 Å². The van der Waals surface area contributed by atoms with E-state index < -0.39 is 0 Å². The van der Waals surface area contributed by atoms with E-state index in [-0.39, 0.29) is 11.0 Å². The van der Waals surface area contributed by atoms with Gasteiger partial charge in [0.2, 0.25) is 0 Å². The van der Waals surface area contributed by atoms with Gasteiger partial charge in [0.05, 0.1) is 39.2 Å². The van der Waals surface area contributed by atoms with Crippen molar-refractivity contribution in [1.82, 2.24) is 14.4 Å². The Kier molecular flexibility index (Phi) is 14.3. The molecule has 0 unspecified atom stereocenters. The van der Waals surface area contributed by atoms with Crippen LogP contribution in [-0.2, 0) is 11.2 Å². The molecule has 8 rings (SSSR count). The van der Waals surface area contributed by atoms with E-state index in [9.17, 15) is 0 Å². The summed E-state index contributed by atoms with van der Waals surface area (Å²) in [7, 11) is 3.33. The fraction of sp³-hybridized carbons (Fsp3) is 0.463. The lowest BCUT2D eigenvalue weighted by atomic mass is 9.62. The smallest absolute Gasteiger partial charge is 0.137 e. The minimum Gasteiger partial charge on any atom is -0.497 e. The first-order valence-electron chi connectivity index (χ1n) is 17.5. The molecule has 7 nitrogen and oxygen atoms in total. The molecular weight excluding hydrogens is 598 g/mol. The number of hydrogen-bond acceptors (Lipinski definition) is 6. The van der Waals surface area contributed by atoms with Gasteiger partial charge in [-0.3, -0.25) is 4.98 Å². The molecule has 3 aliphatic rings. The van der Waals surface area contributed by atoms with Crippen LogP contribution in [0.2, 0.25) is 0 Å². The summed E-state index contributed by atoms with van der Waals surface area (Å²) in [5.41, 5.74) is 6.16. The lowest BCUT2D eigenvalue weighted by Crippen LogP contribution is -2.46. The van der Waals surface area contributed by atoms with Crippen molar-refractivity contribution in [1.29, 1.82) is 0 Å². The average molecular weight is 656 g/mol. The summed E-state index contributed by atoms with van der Waals surface area (Å²) < 4.78 is 24.3. The highest BCUT2D eigenvalue weighted by Gasteiger charge is 2.61. The number of methoxy groups -OCH3 is 2. The first kappa shape index (κ1) is 38.3. The van der Waals surface area contributed by atoms with Crippen LogP contribution in [0.5, 0.6) is 17.2 Å². The molecule has 7 heteroatoms. The molecule has 48 heavy (non-hydrogen) atoms. The van der Waals surface area contributed by atoms with Crippen LogP contribution in [-0.4, -0.2) is 47.4 Å². The van der Waals surface area contributed by atoms with Gasteiger partial charge >= 0.3 is 0 Å². The number of imidazole rings is 1. The zero-order chi connectivity index (χ0) is 35.3. The largest absolute Gasteiger partial charge is 0.497 e. The molecule has 2 aliphatic heterocycles. The Morgan fingerprint density at radius 3 is 2.19 bits per heavy atom. The van der Waals surface area contributed by atoms with Crippen molar-refractivity contribution in [2.24, 2.45) is 5.41 Å². The third-order valence-corrected chi connectivity index (χ3v) is 9.03. The van der Waals surface area contributed by atoms with Crippen LogP contribution in [0.3, 0.4) is 0 Å². The molecule has 1 aliphatic carbocycles. The fourth-order valence-electron chi connectivity index (χ4n) is 6.38. The SMILES string of the molecule is CC.CC.CCC12CC(COc3ccc4ncc(C)n4c3)(CO1)C2.CCc1ccc(OC)cc1OC.Cc1cccc2c(C)nccc12. The van der Waals surface area contributed by atoms with Gasteiger partial charge in [0.15, 0.2) is 0 Å². The molecule has 2 saturated heterocycles. The number of fused-ring (bicyclic) bond motifs is 3. The van der Waals surface area contributed by atoms with Crippen molar-refractivity contribution in [3.05, 3.63) is 95.7 Å². The molecule has 0 radical (unpaired) electrons. The van der Waals surface area contributed by atoms with Crippen LogP contribution in [0.15, 0.2) is 73.2 Å². The zero-order valence-corrected chi connectivity index (χ0v) is 31.1. The Bertz CT molecular complexity index is 1680. The Morgan fingerprint density at radius 2 is 1.56 bits per heavy atom. The summed E-state index contributed by atoms with van der Waals surface area (Å²) in [5, 5.41) is 2.57. The molecule has 260 valence electrons. The van der Waals surface area contributed by atoms with E-state index in [0.717, 1.165) is 73.2 Å². The van der Waals surface area contributed by atoms with E-state index in [2.05, 4.69) is 66.3 Å². The standard InChI is InChI=1S/C16H20N2O2.C11H11N.C10H14O2.2C2H6/c1-3-16-8-15(9-16,11-20-16)10-19-13-4-5-14-17-6-12(2)18(14)7-13;1-8-4-3-5-11-9(2)12-7-6-10(8)11;1-4-8-5-6-9(11-2)7-10(8)12-3;2*1-2/h4-7H,3,8-11H2,1-2H3;3-7H,1-2H3;5-7H,4H2,1-3H3;2*1-2H3. The van der Waals surface area contributed by atoms with Gasteiger partial charge in [-0.2, -0.15) is 0 Å². The van der Waals surface area contributed by atoms with Crippen molar-refractivity contribution in [3.63, 3.8) is 0 Å². The first-order chi connectivity index (χ1) is 23.2. The Hall–Kier alpha value is -4.10. The van der Waals surface area contributed by atoms with Crippen LogP contribution in [0.25, 0.3) is 16.4 Å². The van der Waals surface area contributed by atoms with Crippen molar-refractivity contribution < 1.29 is 18.9 Å². The van der Waals surface area contributed by atoms with Crippen molar-refractivity contribution >= 4 is 16.4 Å². The molecule has 0 spiro atoms. The van der Waals surface area contributed by atoms with Gasteiger partial charge in [-0.05, 0) is 87.2 Å². The third-order valence-electron chi connectivity index (χ3n) is 9.03. The number of rotatable bonds is 7. The number of aromatic nitrogens is 3. The summed E-state index contributed by atoms with van der Waals surface area (Å²) in [5.74, 6) is 2.65. The van der Waals surface area contributed by atoms with Crippen LogP contribution in [0.4, 0.5) is 0 Å². The number of nitrogens with zero attached hydrogens (tertiary/aromatic N) is 3. The molecule has 0 amide bonds. The summed E-state index contributed by atoms with van der Waals surface area (Å²) >= 11 is 0. The molecule has 2 bridgehead atoms. The lowest BCUT2D eigenvalue weighted by Gasteiger charge is -2.43. The topological polar surface area (TPSA) is 67.1 Å². The highest BCUT2D eigenvalue weighted by atomic mass is 16.5. The molecular formula is C41H57N3O4. The van der Waals surface area contributed by atoms with E-state index in [0.29, 0.717) is 0 Å². The number of aryl methyl sites for hydroxylation is 4. The maximum atomic E-state index is 6.02. The molecule has 5 heterocycles. The van der Waals surface area contributed by atoms with E-state index in [4.69, 9.17) is 18.9 Å². The fourth-order valence-corrected chi connectivity index (χ4v) is 6.38. The van der Waals surface area contributed by atoms with Crippen molar-refractivity contribution in [3.8, 4) is 17.2 Å². The number of benzene rings is 2. The van der Waals surface area contributed by atoms with Crippen LogP contribution in [0.1, 0.15) is 83.3 Å². The van der Waals surface area contributed by atoms with E-state index in [1.54, 1.807) is 14.2 Å². The third kappa shape index (κ3) is 8.87. The van der Waals surface area contributed by atoms with E-state index >= 15 is 0 Å². The van der Waals surface area contributed by atoms with Gasteiger partial charge < -0.3 is 23.3 Å². The second-order valence-electron chi connectivity index (χ2n) is 12.1. The summed E-state index contributed by atoms with van der Waals surface area (Å²) in [4.78, 5) is 8.57. The van der Waals surface area contributed by atoms with E-state index in [1.165, 1.54) is 21.9 Å². The highest BCUT2D eigenvalue weighted by molar-refractivity contribution is 5.86. The second-order valence-corrected chi connectivity index (χ2v) is 12.1. The van der Waals surface area contributed by atoms with Gasteiger partial charge in [-0.1, -0.05) is 65.8 Å². The van der Waals surface area contributed by atoms with Crippen LogP contribution >= 0.6 is 0 Å². The zero-order valence-electron chi connectivity index (χ0n) is 31.1. The molecule has 5 aromatic rings. The van der Waals surface area contributed by atoms with Crippen LogP contribution in [0, 0.1) is 26.2 Å². The predicted molar refractivity (Wildman–Crippen MR) is 199 cm³/mol.